The molecule has 0 bridgehead atoms. The summed E-state index contributed by atoms with van der Waals surface area (Å²) in [4.78, 5) is 10.3. The van der Waals surface area contributed by atoms with Crippen molar-refractivity contribution in [2.75, 3.05) is 7.11 Å². The number of allylic oxidation sites excluding steroid dienone is 1. The van der Waals surface area contributed by atoms with Crippen molar-refractivity contribution in [3.8, 4) is 0 Å². The SMILES string of the molecule is COC(=O)/C=C(/C)C(F)(F)F. The number of ether oxygens (including phenoxy) is 1. The molecule has 0 unspecified atom stereocenters. The first kappa shape index (κ1) is 10.0. The van der Waals surface area contributed by atoms with Crippen LogP contribution in [0.4, 0.5) is 13.2 Å². The van der Waals surface area contributed by atoms with Gasteiger partial charge in [-0.05, 0) is 6.92 Å². The lowest BCUT2D eigenvalue weighted by Crippen LogP contribution is -2.11. The lowest BCUT2D eigenvalue weighted by molar-refractivity contribution is -0.136. The van der Waals surface area contributed by atoms with E-state index in [9.17, 15) is 18.0 Å². The van der Waals surface area contributed by atoms with Gasteiger partial charge in [0.05, 0.1) is 7.11 Å². The first-order valence-corrected chi connectivity index (χ1v) is 2.71. The van der Waals surface area contributed by atoms with Crippen molar-refractivity contribution >= 4 is 5.97 Å². The molecule has 0 radical (unpaired) electrons. The monoisotopic (exact) mass is 168 g/mol. The smallest absolute Gasteiger partial charge is 0.412 e. The van der Waals surface area contributed by atoms with Gasteiger partial charge >= 0.3 is 12.1 Å². The number of alkyl halides is 3. The van der Waals surface area contributed by atoms with Gasteiger partial charge < -0.3 is 4.74 Å². The van der Waals surface area contributed by atoms with Gasteiger partial charge in [0.1, 0.15) is 0 Å². The maximum atomic E-state index is 11.7. The van der Waals surface area contributed by atoms with Crippen LogP contribution in [-0.2, 0) is 9.53 Å². The summed E-state index contributed by atoms with van der Waals surface area (Å²) in [6.07, 6.45) is -4.05. The Balaban J connectivity index is 4.35. The molecule has 0 heterocycles. The number of methoxy groups -OCH3 is 1. The Hall–Kier alpha value is -1.00. The van der Waals surface area contributed by atoms with Gasteiger partial charge in [-0.3, -0.25) is 0 Å². The molecule has 0 aromatic carbocycles. The molecule has 0 N–H and O–H groups in total. The molecule has 0 rings (SSSR count). The van der Waals surface area contributed by atoms with Gasteiger partial charge in [0.25, 0.3) is 0 Å². The van der Waals surface area contributed by atoms with E-state index in [0.717, 1.165) is 14.0 Å². The number of hydrogen-bond donors (Lipinski definition) is 0. The fourth-order valence-electron chi connectivity index (χ4n) is 0.318. The molecule has 11 heavy (non-hydrogen) atoms. The topological polar surface area (TPSA) is 26.3 Å². The highest BCUT2D eigenvalue weighted by Crippen LogP contribution is 2.24. The minimum atomic E-state index is -4.45. The fraction of sp³-hybridized carbons (Fsp3) is 0.500. The molecule has 5 heteroatoms. The van der Waals surface area contributed by atoms with Crippen molar-refractivity contribution in [3.63, 3.8) is 0 Å². The Bertz CT molecular complexity index is 181. The van der Waals surface area contributed by atoms with Crippen LogP contribution in [-0.4, -0.2) is 19.3 Å². The molecule has 64 valence electrons. The van der Waals surface area contributed by atoms with Crippen molar-refractivity contribution < 1.29 is 22.7 Å². The summed E-state index contributed by atoms with van der Waals surface area (Å²) in [6.45, 7) is 0.802. The summed E-state index contributed by atoms with van der Waals surface area (Å²) in [5.74, 6) is -1.00. The molecule has 0 aliphatic heterocycles. The molecule has 2 nitrogen and oxygen atoms in total. The molecule has 0 aliphatic carbocycles. The molecule has 0 spiro atoms. The summed E-state index contributed by atoms with van der Waals surface area (Å²) >= 11 is 0. The second kappa shape index (κ2) is 3.41. The van der Waals surface area contributed by atoms with Gasteiger partial charge in [-0.1, -0.05) is 0 Å². The first-order valence-electron chi connectivity index (χ1n) is 2.71. The second-order valence-corrected chi connectivity index (χ2v) is 1.85. The zero-order chi connectivity index (χ0) is 9.07. The summed E-state index contributed by atoms with van der Waals surface area (Å²) < 4.78 is 39.0. The zero-order valence-corrected chi connectivity index (χ0v) is 6.03. The van der Waals surface area contributed by atoms with Crippen LogP contribution in [0.3, 0.4) is 0 Å². The third-order valence-electron chi connectivity index (χ3n) is 0.983. The minimum Gasteiger partial charge on any atom is -0.466 e. The van der Waals surface area contributed by atoms with E-state index in [2.05, 4.69) is 4.74 Å². The van der Waals surface area contributed by atoms with Gasteiger partial charge in [0, 0.05) is 11.6 Å². The largest absolute Gasteiger partial charge is 0.466 e. The van der Waals surface area contributed by atoms with Crippen LogP contribution in [0.1, 0.15) is 6.92 Å². The van der Waals surface area contributed by atoms with Crippen molar-refractivity contribution in [2.24, 2.45) is 0 Å². The number of carbonyl (C=O) groups excluding carboxylic acids is 1. The van der Waals surface area contributed by atoms with Crippen LogP contribution in [0.5, 0.6) is 0 Å². The lowest BCUT2D eigenvalue weighted by Gasteiger charge is -2.04. The van der Waals surface area contributed by atoms with Crippen LogP contribution in [0.2, 0.25) is 0 Å². The van der Waals surface area contributed by atoms with E-state index in [1.807, 2.05) is 0 Å². The molecular formula is C6H7F3O2. The fourth-order valence-corrected chi connectivity index (χ4v) is 0.318. The molecule has 0 amide bonds. The third kappa shape index (κ3) is 3.64. The highest BCUT2D eigenvalue weighted by atomic mass is 19.4. The summed E-state index contributed by atoms with van der Waals surface area (Å²) in [5.41, 5.74) is -0.968. The first-order chi connectivity index (χ1) is 4.88. The molecule has 0 aromatic heterocycles. The molecule has 0 atom stereocenters. The average molecular weight is 168 g/mol. The van der Waals surface area contributed by atoms with Crippen LogP contribution in [0.25, 0.3) is 0 Å². The molecule has 0 saturated carbocycles. The Morgan fingerprint density at radius 2 is 1.91 bits per heavy atom. The van der Waals surface area contributed by atoms with E-state index in [4.69, 9.17) is 0 Å². The lowest BCUT2D eigenvalue weighted by atomic mass is 10.3. The van der Waals surface area contributed by atoms with E-state index in [1.54, 1.807) is 0 Å². The van der Waals surface area contributed by atoms with Gasteiger partial charge in [0.15, 0.2) is 0 Å². The van der Waals surface area contributed by atoms with Crippen LogP contribution in [0, 0.1) is 0 Å². The standard InChI is InChI=1S/C6H7F3O2/c1-4(6(7,8)9)3-5(10)11-2/h3H,1-2H3/b4-3-. The number of esters is 1. The van der Waals surface area contributed by atoms with E-state index in [0.29, 0.717) is 6.08 Å². The number of rotatable bonds is 1. The number of halogens is 3. The van der Waals surface area contributed by atoms with Crippen molar-refractivity contribution in [2.45, 2.75) is 13.1 Å². The van der Waals surface area contributed by atoms with E-state index in [-0.39, 0.29) is 0 Å². The van der Waals surface area contributed by atoms with Crippen LogP contribution in [0.15, 0.2) is 11.6 Å². The van der Waals surface area contributed by atoms with Gasteiger partial charge in [-0.2, -0.15) is 13.2 Å². The quantitative estimate of drug-likeness (QED) is 0.439. The third-order valence-corrected chi connectivity index (χ3v) is 0.983. The highest BCUT2D eigenvalue weighted by Gasteiger charge is 2.30. The van der Waals surface area contributed by atoms with Gasteiger partial charge in [0.2, 0.25) is 0 Å². The molecule has 0 aliphatic rings. The Morgan fingerprint density at radius 1 is 1.45 bits per heavy atom. The van der Waals surface area contributed by atoms with Gasteiger partial charge in [-0.25, -0.2) is 4.79 Å². The summed E-state index contributed by atoms with van der Waals surface area (Å²) in [5, 5.41) is 0. The maximum Gasteiger partial charge on any atom is 0.412 e. The summed E-state index contributed by atoms with van der Waals surface area (Å²) in [7, 11) is 1.02. The predicted molar refractivity (Wildman–Crippen MR) is 31.8 cm³/mol. The highest BCUT2D eigenvalue weighted by molar-refractivity contribution is 5.82. The second-order valence-electron chi connectivity index (χ2n) is 1.85. The molecule has 0 aromatic rings. The number of carbonyl (C=O) groups is 1. The minimum absolute atomic E-state index is 0.403. The molecule has 0 saturated heterocycles. The molecular weight excluding hydrogens is 161 g/mol. The Labute approximate surface area is 61.6 Å². The van der Waals surface area contributed by atoms with E-state index < -0.39 is 17.7 Å². The summed E-state index contributed by atoms with van der Waals surface area (Å²) in [6, 6.07) is 0. The van der Waals surface area contributed by atoms with Crippen molar-refractivity contribution in [1.29, 1.82) is 0 Å². The normalized spacial score (nSPS) is 13.0. The van der Waals surface area contributed by atoms with E-state index >= 15 is 0 Å². The van der Waals surface area contributed by atoms with E-state index in [1.165, 1.54) is 0 Å². The molecule has 0 fully saturated rings. The zero-order valence-electron chi connectivity index (χ0n) is 6.03. The Morgan fingerprint density at radius 3 is 2.18 bits per heavy atom. The van der Waals surface area contributed by atoms with Crippen LogP contribution >= 0.6 is 0 Å². The van der Waals surface area contributed by atoms with Crippen LogP contribution < -0.4 is 0 Å². The predicted octanol–water partition coefficient (Wildman–Crippen LogP) is 1.67. The van der Waals surface area contributed by atoms with Crippen molar-refractivity contribution in [1.82, 2.24) is 0 Å². The maximum absolute atomic E-state index is 11.7. The number of hydrogen-bond acceptors (Lipinski definition) is 2. The van der Waals surface area contributed by atoms with Crippen molar-refractivity contribution in [3.05, 3.63) is 11.6 Å². The Kier molecular flexibility index (Phi) is 3.10. The average Bonchev–Trinajstić information content (AvgIpc) is 1.85. The van der Waals surface area contributed by atoms with Gasteiger partial charge in [-0.15, -0.1) is 0 Å².